The monoisotopic (exact) mass is 298 g/mol. The molecule has 0 spiro atoms. The summed E-state index contributed by atoms with van der Waals surface area (Å²) in [5, 5.41) is 0.359. The summed E-state index contributed by atoms with van der Waals surface area (Å²) in [6.07, 6.45) is 2.87. The van der Waals surface area contributed by atoms with Gasteiger partial charge in [-0.1, -0.05) is 11.6 Å². The molecular formula is C13H19ClN4O2. The first-order valence-electron chi connectivity index (χ1n) is 6.44. The lowest BCUT2D eigenvalue weighted by atomic mass is 10.1. The van der Waals surface area contributed by atoms with Gasteiger partial charge in [0, 0.05) is 20.1 Å². The molecule has 1 amide bonds. The van der Waals surface area contributed by atoms with Crippen molar-refractivity contribution in [2.45, 2.75) is 32.4 Å². The number of nitrogens with zero attached hydrogens (tertiary/aromatic N) is 4. The summed E-state index contributed by atoms with van der Waals surface area (Å²) in [6, 6.07) is 0.204. The molecule has 7 heteroatoms. The number of anilines is 1. The van der Waals surface area contributed by atoms with Crippen LogP contribution in [0.25, 0.3) is 0 Å². The Kier molecular flexibility index (Phi) is 4.04. The molecule has 0 radical (unpaired) electrons. The van der Waals surface area contributed by atoms with Crippen molar-refractivity contribution < 1.29 is 9.53 Å². The van der Waals surface area contributed by atoms with Gasteiger partial charge in [0.1, 0.15) is 16.6 Å². The van der Waals surface area contributed by atoms with Crippen molar-refractivity contribution in [3.8, 4) is 0 Å². The molecule has 2 heterocycles. The van der Waals surface area contributed by atoms with E-state index in [-0.39, 0.29) is 12.1 Å². The minimum atomic E-state index is -0.466. The Morgan fingerprint density at radius 1 is 1.45 bits per heavy atom. The number of likely N-dealkylation sites (tertiary alicyclic amines) is 1. The van der Waals surface area contributed by atoms with E-state index in [1.807, 2.05) is 32.7 Å². The molecule has 0 aromatic carbocycles. The van der Waals surface area contributed by atoms with Crippen LogP contribution in [0.2, 0.25) is 5.15 Å². The summed E-state index contributed by atoms with van der Waals surface area (Å²) in [7, 11) is 1.91. The van der Waals surface area contributed by atoms with E-state index in [9.17, 15) is 4.79 Å². The van der Waals surface area contributed by atoms with Crippen molar-refractivity contribution >= 4 is 23.5 Å². The van der Waals surface area contributed by atoms with Gasteiger partial charge in [0.15, 0.2) is 0 Å². The van der Waals surface area contributed by atoms with Gasteiger partial charge >= 0.3 is 6.09 Å². The molecule has 1 aliphatic heterocycles. The first-order chi connectivity index (χ1) is 9.26. The maximum Gasteiger partial charge on any atom is 0.410 e. The largest absolute Gasteiger partial charge is 0.444 e. The summed E-state index contributed by atoms with van der Waals surface area (Å²) in [4.78, 5) is 23.7. The molecule has 0 atom stereocenters. The van der Waals surface area contributed by atoms with Crippen LogP contribution >= 0.6 is 11.6 Å². The van der Waals surface area contributed by atoms with Gasteiger partial charge in [0.2, 0.25) is 0 Å². The third-order valence-corrected chi connectivity index (χ3v) is 3.20. The zero-order valence-electron chi connectivity index (χ0n) is 12.1. The normalized spacial score (nSPS) is 15.8. The molecule has 1 saturated heterocycles. The highest BCUT2D eigenvalue weighted by molar-refractivity contribution is 6.29. The highest BCUT2D eigenvalue weighted by atomic mass is 35.5. The average molecular weight is 299 g/mol. The van der Waals surface area contributed by atoms with Crippen LogP contribution in [0.5, 0.6) is 0 Å². The van der Waals surface area contributed by atoms with Crippen molar-refractivity contribution in [1.29, 1.82) is 0 Å². The van der Waals surface area contributed by atoms with E-state index in [1.54, 1.807) is 11.1 Å². The Balaban J connectivity index is 1.88. The topological polar surface area (TPSA) is 58.6 Å². The fraction of sp³-hybridized carbons (Fsp3) is 0.615. The molecule has 6 nitrogen and oxygen atoms in total. The molecule has 1 aliphatic rings. The number of rotatable bonds is 2. The molecule has 110 valence electrons. The maximum atomic E-state index is 11.8. The van der Waals surface area contributed by atoms with Crippen molar-refractivity contribution in [3.05, 3.63) is 17.5 Å². The van der Waals surface area contributed by atoms with Crippen molar-refractivity contribution in [2.75, 3.05) is 25.0 Å². The average Bonchev–Trinajstić information content (AvgIpc) is 2.24. The lowest BCUT2D eigenvalue weighted by Gasteiger charge is -2.44. The number of ether oxygens (including phenoxy) is 1. The molecule has 0 unspecified atom stereocenters. The SMILES string of the molecule is CN(c1cncc(Cl)n1)C1CN(C(=O)OC(C)(C)C)C1. The van der Waals surface area contributed by atoms with Gasteiger partial charge in [-0.15, -0.1) is 0 Å². The number of carbonyl (C=O) groups excluding carboxylic acids is 1. The predicted molar refractivity (Wildman–Crippen MR) is 77.0 cm³/mol. The number of halogens is 1. The lowest BCUT2D eigenvalue weighted by molar-refractivity contribution is 0.00846. The van der Waals surface area contributed by atoms with E-state index in [0.717, 1.165) is 0 Å². The molecule has 0 saturated carbocycles. The molecular weight excluding hydrogens is 280 g/mol. The first-order valence-corrected chi connectivity index (χ1v) is 6.82. The van der Waals surface area contributed by atoms with E-state index in [1.165, 1.54) is 6.20 Å². The van der Waals surface area contributed by atoms with Crippen LogP contribution in [0.3, 0.4) is 0 Å². The molecule has 20 heavy (non-hydrogen) atoms. The second-order valence-corrected chi connectivity index (χ2v) is 6.24. The number of hydrogen-bond acceptors (Lipinski definition) is 5. The van der Waals surface area contributed by atoms with E-state index in [2.05, 4.69) is 9.97 Å². The van der Waals surface area contributed by atoms with E-state index < -0.39 is 5.60 Å². The van der Waals surface area contributed by atoms with Gasteiger partial charge in [0.25, 0.3) is 0 Å². The van der Waals surface area contributed by atoms with E-state index in [4.69, 9.17) is 16.3 Å². The Morgan fingerprint density at radius 3 is 2.65 bits per heavy atom. The van der Waals surface area contributed by atoms with Crippen LogP contribution in [0.4, 0.5) is 10.6 Å². The number of aromatic nitrogens is 2. The van der Waals surface area contributed by atoms with Gasteiger partial charge in [-0.05, 0) is 20.8 Å². The van der Waals surface area contributed by atoms with Gasteiger partial charge < -0.3 is 14.5 Å². The zero-order chi connectivity index (χ0) is 14.9. The van der Waals surface area contributed by atoms with Gasteiger partial charge in [-0.2, -0.15) is 0 Å². The summed E-state index contributed by atoms with van der Waals surface area (Å²) < 4.78 is 5.31. The molecule has 0 N–H and O–H groups in total. The van der Waals surface area contributed by atoms with Crippen LogP contribution in [-0.2, 0) is 4.74 Å². The standard InChI is InChI=1S/C13H19ClN4O2/c1-13(2,3)20-12(19)18-7-9(8-18)17(4)11-6-15-5-10(14)16-11/h5-6,9H,7-8H2,1-4H3. The number of likely N-dealkylation sites (N-methyl/N-ethyl adjacent to an activating group) is 1. The van der Waals surface area contributed by atoms with Crippen molar-refractivity contribution in [3.63, 3.8) is 0 Å². The number of carbonyl (C=O) groups is 1. The van der Waals surface area contributed by atoms with Gasteiger partial charge in [0.05, 0.1) is 18.4 Å². The van der Waals surface area contributed by atoms with E-state index >= 15 is 0 Å². The van der Waals surface area contributed by atoms with Crippen molar-refractivity contribution in [2.24, 2.45) is 0 Å². The van der Waals surface area contributed by atoms with Crippen LogP contribution in [0.1, 0.15) is 20.8 Å². The molecule has 2 rings (SSSR count). The second kappa shape index (κ2) is 5.44. The van der Waals surface area contributed by atoms with Gasteiger partial charge in [-0.25, -0.2) is 9.78 Å². The molecule has 0 aliphatic carbocycles. The summed E-state index contributed by atoms with van der Waals surface area (Å²) >= 11 is 5.82. The molecule has 0 bridgehead atoms. The third kappa shape index (κ3) is 3.50. The quantitative estimate of drug-likeness (QED) is 0.837. The number of hydrogen-bond donors (Lipinski definition) is 0. The first kappa shape index (κ1) is 14.8. The third-order valence-electron chi connectivity index (χ3n) is 3.02. The fourth-order valence-corrected chi connectivity index (χ4v) is 2.01. The Bertz CT molecular complexity index is 497. The minimum absolute atomic E-state index is 0.204. The Labute approximate surface area is 123 Å². The highest BCUT2D eigenvalue weighted by Crippen LogP contribution is 2.22. The fourth-order valence-electron chi connectivity index (χ4n) is 1.87. The van der Waals surface area contributed by atoms with Crippen LogP contribution in [-0.4, -0.2) is 52.7 Å². The highest BCUT2D eigenvalue weighted by Gasteiger charge is 2.36. The minimum Gasteiger partial charge on any atom is -0.444 e. The van der Waals surface area contributed by atoms with Crippen LogP contribution < -0.4 is 4.90 Å². The summed E-state index contributed by atoms with van der Waals surface area (Å²) in [5.41, 5.74) is -0.466. The lowest BCUT2D eigenvalue weighted by Crippen LogP contribution is -2.61. The van der Waals surface area contributed by atoms with Gasteiger partial charge in [-0.3, -0.25) is 4.98 Å². The number of amides is 1. The zero-order valence-corrected chi connectivity index (χ0v) is 12.9. The molecule has 1 aromatic rings. The Hall–Kier alpha value is -1.56. The molecule has 1 aromatic heterocycles. The summed E-state index contributed by atoms with van der Waals surface area (Å²) in [5.74, 6) is 0.700. The van der Waals surface area contributed by atoms with Crippen LogP contribution in [0, 0.1) is 0 Å². The van der Waals surface area contributed by atoms with Crippen LogP contribution in [0.15, 0.2) is 12.4 Å². The maximum absolute atomic E-state index is 11.8. The smallest absolute Gasteiger partial charge is 0.410 e. The summed E-state index contributed by atoms with van der Waals surface area (Å²) in [6.45, 7) is 6.79. The van der Waals surface area contributed by atoms with E-state index in [0.29, 0.717) is 24.1 Å². The predicted octanol–water partition coefficient (Wildman–Crippen LogP) is 2.19. The second-order valence-electron chi connectivity index (χ2n) is 5.85. The Morgan fingerprint density at radius 2 is 2.10 bits per heavy atom. The molecule has 1 fully saturated rings. The van der Waals surface area contributed by atoms with Crippen molar-refractivity contribution in [1.82, 2.24) is 14.9 Å².